The van der Waals surface area contributed by atoms with E-state index in [1.807, 2.05) is 5.32 Å². The van der Waals surface area contributed by atoms with Crippen LogP contribution in [0.2, 0.25) is 0 Å². The topological polar surface area (TPSA) is 63.8 Å². The van der Waals surface area contributed by atoms with Gasteiger partial charge in [-0.25, -0.2) is 26.9 Å². The zero-order valence-corrected chi connectivity index (χ0v) is 9.02. The Morgan fingerprint density at radius 1 is 0.895 bits per heavy atom. The van der Waals surface area contributed by atoms with Crippen molar-refractivity contribution in [1.29, 1.82) is 0 Å². The summed E-state index contributed by atoms with van der Waals surface area (Å²) in [4.78, 5) is 7.04. The predicted molar refractivity (Wildman–Crippen MR) is 56.0 cm³/mol. The second-order valence-electron chi connectivity index (χ2n) is 3.38. The van der Waals surface area contributed by atoms with Gasteiger partial charge in [-0.15, -0.1) is 0 Å². The molecule has 0 aliphatic rings. The van der Waals surface area contributed by atoms with Crippen molar-refractivity contribution in [1.82, 2.24) is 9.97 Å². The maximum Gasteiger partial charge on any atom is 0.229 e. The van der Waals surface area contributed by atoms with E-state index < -0.39 is 40.7 Å². The Balaban J connectivity index is 2.52. The van der Waals surface area contributed by atoms with Gasteiger partial charge in [-0.3, -0.25) is 0 Å². The number of rotatable bonds is 2. The van der Waals surface area contributed by atoms with Crippen LogP contribution in [-0.2, 0) is 0 Å². The predicted octanol–water partition coefficient (Wildman–Crippen LogP) is 2.50. The number of nitrogens with one attached hydrogen (secondary N) is 1. The molecular formula is C10H5F5N4. The largest absolute Gasteiger partial charge is 0.384 e. The highest BCUT2D eigenvalue weighted by Gasteiger charge is 2.26. The Morgan fingerprint density at radius 2 is 1.42 bits per heavy atom. The maximum atomic E-state index is 13.3. The number of halogens is 5. The number of nitrogens with two attached hydrogens (primary N) is 1. The van der Waals surface area contributed by atoms with Gasteiger partial charge in [0.05, 0.1) is 0 Å². The van der Waals surface area contributed by atoms with Crippen molar-refractivity contribution >= 4 is 17.5 Å². The second-order valence-corrected chi connectivity index (χ2v) is 3.38. The number of hydrogen-bond acceptors (Lipinski definition) is 4. The van der Waals surface area contributed by atoms with Crippen molar-refractivity contribution in [2.45, 2.75) is 0 Å². The molecule has 9 heteroatoms. The quantitative estimate of drug-likeness (QED) is 0.502. The lowest BCUT2D eigenvalue weighted by Gasteiger charge is -2.09. The van der Waals surface area contributed by atoms with Gasteiger partial charge in [-0.05, 0) is 6.07 Å². The Kier molecular flexibility index (Phi) is 3.19. The van der Waals surface area contributed by atoms with Crippen LogP contribution >= 0.6 is 0 Å². The van der Waals surface area contributed by atoms with Gasteiger partial charge in [-0.1, -0.05) is 0 Å². The fourth-order valence-electron chi connectivity index (χ4n) is 1.26. The van der Waals surface area contributed by atoms with Crippen LogP contribution in [0, 0.1) is 29.1 Å². The van der Waals surface area contributed by atoms with Crippen molar-refractivity contribution in [3.63, 3.8) is 0 Å². The van der Waals surface area contributed by atoms with Gasteiger partial charge in [0.2, 0.25) is 11.8 Å². The molecule has 100 valence electrons. The smallest absolute Gasteiger partial charge is 0.229 e. The molecule has 2 rings (SSSR count). The molecule has 1 aromatic carbocycles. The first kappa shape index (κ1) is 13.0. The molecule has 3 N–H and O–H groups in total. The van der Waals surface area contributed by atoms with Crippen molar-refractivity contribution in [3.05, 3.63) is 41.3 Å². The third-order valence-corrected chi connectivity index (χ3v) is 2.12. The molecule has 0 amide bonds. The average Bonchev–Trinajstić information content (AvgIpc) is 2.39. The van der Waals surface area contributed by atoms with Crippen molar-refractivity contribution in [3.8, 4) is 0 Å². The lowest BCUT2D eigenvalue weighted by atomic mass is 10.2. The first-order chi connectivity index (χ1) is 8.91. The summed E-state index contributed by atoms with van der Waals surface area (Å²) in [5, 5.41) is 1.89. The van der Waals surface area contributed by atoms with E-state index in [-0.39, 0.29) is 5.82 Å². The molecule has 1 aromatic heterocycles. The number of nitrogen functional groups attached to an aromatic ring is 1. The highest BCUT2D eigenvalue weighted by Crippen LogP contribution is 2.28. The molecule has 0 saturated carbocycles. The van der Waals surface area contributed by atoms with E-state index in [1.165, 1.54) is 6.07 Å². The van der Waals surface area contributed by atoms with Gasteiger partial charge in [0.1, 0.15) is 11.5 Å². The molecule has 0 radical (unpaired) electrons. The molecule has 0 saturated heterocycles. The molecular weight excluding hydrogens is 271 g/mol. The molecule has 19 heavy (non-hydrogen) atoms. The molecule has 2 aromatic rings. The molecule has 4 nitrogen and oxygen atoms in total. The molecule has 0 unspecified atom stereocenters. The fraction of sp³-hybridized carbons (Fsp3) is 0. The SMILES string of the molecule is Nc1ccnc(Nc2c(F)c(F)c(F)c(F)c2F)n1. The molecule has 0 aliphatic carbocycles. The fourth-order valence-corrected chi connectivity index (χ4v) is 1.26. The number of hydrogen-bond donors (Lipinski definition) is 2. The highest BCUT2D eigenvalue weighted by molar-refractivity contribution is 5.56. The third-order valence-electron chi connectivity index (χ3n) is 2.12. The van der Waals surface area contributed by atoms with E-state index in [2.05, 4.69) is 9.97 Å². The van der Waals surface area contributed by atoms with Gasteiger partial charge in [0.15, 0.2) is 23.3 Å². The average molecular weight is 276 g/mol. The van der Waals surface area contributed by atoms with Crippen LogP contribution in [0.5, 0.6) is 0 Å². The standard InChI is InChI=1S/C10H5F5N4/c11-4-5(12)7(14)9(8(15)6(4)13)19-10-17-2-1-3(16)18-10/h1-2H,(H3,16,17,18,19). The zero-order chi connectivity index (χ0) is 14.2. The molecule has 0 bridgehead atoms. The summed E-state index contributed by atoms with van der Waals surface area (Å²) in [6, 6.07) is 1.28. The van der Waals surface area contributed by atoms with Gasteiger partial charge in [0, 0.05) is 6.20 Å². The second kappa shape index (κ2) is 4.67. The number of aromatic nitrogens is 2. The van der Waals surface area contributed by atoms with E-state index >= 15 is 0 Å². The summed E-state index contributed by atoms with van der Waals surface area (Å²) in [5.41, 5.74) is 4.04. The lowest BCUT2D eigenvalue weighted by Crippen LogP contribution is -2.08. The summed E-state index contributed by atoms with van der Waals surface area (Å²) < 4.78 is 65.3. The van der Waals surface area contributed by atoms with Crippen molar-refractivity contribution < 1.29 is 22.0 Å². The molecule has 1 heterocycles. The first-order valence-electron chi connectivity index (χ1n) is 4.78. The van der Waals surface area contributed by atoms with Crippen LogP contribution in [0.25, 0.3) is 0 Å². The normalized spacial score (nSPS) is 10.6. The lowest BCUT2D eigenvalue weighted by molar-refractivity contribution is 0.382. The first-order valence-corrected chi connectivity index (χ1v) is 4.78. The van der Waals surface area contributed by atoms with Crippen molar-refractivity contribution in [2.24, 2.45) is 0 Å². The van der Waals surface area contributed by atoms with Gasteiger partial charge in [-0.2, -0.15) is 4.98 Å². The summed E-state index contributed by atoms with van der Waals surface area (Å²) in [6.45, 7) is 0. The van der Waals surface area contributed by atoms with E-state index in [0.717, 1.165) is 6.20 Å². The summed E-state index contributed by atoms with van der Waals surface area (Å²) in [5.74, 6) is -10.8. The summed E-state index contributed by atoms with van der Waals surface area (Å²) in [6.07, 6.45) is 1.15. The van der Waals surface area contributed by atoms with Crippen molar-refractivity contribution in [2.75, 3.05) is 11.1 Å². The zero-order valence-electron chi connectivity index (χ0n) is 9.02. The number of benzene rings is 1. The molecule has 0 atom stereocenters. The van der Waals surface area contributed by atoms with Crippen LogP contribution in [0.1, 0.15) is 0 Å². The van der Waals surface area contributed by atoms with Crippen LogP contribution in [0.4, 0.5) is 39.4 Å². The van der Waals surface area contributed by atoms with Crippen LogP contribution in [0.3, 0.4) is 0 Å². The Labute approximate surface area is 103 Å². The third kappa shape index (κ3) is 2.26. The van der Waals surface area contributed by atoms with Crippen LogP contribution in [0.15, 0.2) is 12.3 Å². The molecule has 0 fully saturated rings. The maximum absolute atomic E-state index is 13.3. The highest BCUT2D eigenvalue weighted by atomic mass is 19.2. The van der Waals surface area contributed by atoms with E-state index in [1.54, 1.807) is 0 Å². The van der Waals surface area contributed by atoms with Gasteiger partial charge >= 0.3 is 0 Å². The Hall–Kier alpha value is -2.45. The minimum atomic E-state index is -2.24. The number of nitrogens with zero attached hydrogens (tertiary/aromatic N) is 2. The minimum absolute atomic E-state index is 0.0404. The molecule has 0 spiro atoms. The van der Waals surface area contributed by atoms with E-state index in [9.17, 15) is 22.0 Å². The monoisotopic (exact) mass is 276 g/mol. The number of anilines is 3. The van der Waals surface area contributed by atoms with Gasteiger partial charge in [0.25, 0.3) is 0 Å². The van der Waals surface area contributed by atoms with E-state index in [4.69, 9.17) is 5.73 Å². The van der Waals surface area contributed by atoms with Crippen LogP contribution in [-0.4, -0.2) is 9.97 Å². The van der Waals surface area contributed by atoms with Crippen LogP contribution < -0.4 is 11.1 Å². The van der Waals surface area contributed by atoms with E-state index in [0.29, 0.717) is 0 Å². The summed E-state index contributed by atoms with van der Waals surface area (Å²) >= 11 is 0. The van der Waals surface area contributed by atoms with Gasteiger partial charge < -0.3 is 11.1 Å². The minimum Gasteiger partial charge on any atom is -0.384 e. The Morgan fingerprint density at radius 3 is 1.95 bits per heavy atom. The summed E-state index contributed by atoms with van der Waals surface area (Å²) in [7, 11) is 0. The molecule has 0 aliphatic heterocycles. The Bertz CT molecular complexity index is 617.